The fraction of sp³-hybridized carbons (Fsp3) is 0.120. The van der Waals surface area contributed by atoms with E-state index in [1.54, 1.807) is 23.1 Å². The molecule has 0 radical (unpaired) electrons. The summed E-state index contributed by atoms with van der Waals surface area (Å²) in [6.45, 7) is 1.28. The zero-order valence-corrected chi connectivity index (χ0v) is 17.3. The van der Waals surface area contributed by atoms with Crippen LogP contribution in [0.2, 0.25) is 0 Å². The van der Waals surface area contributed by atoms with Gasteiger partial charge in [0.2, 0.25) is 0 Å². The van der Waals surface area contributed by atoms with E-state index in [9.17, 15) is 4.79 Å². The van der Waals surface area contributed by atoms with Crippen molar-refractivity contribution in [3.8, 4) is 11.3 Å². The first-order chi connectivity index (χ1) is 15.8. The molecule has 7 heteroatoms. The van der Waals surface area contributed by atoms with Gasteiger partial charge >= 0.3 is 5.97 Å². The van der Waals surface area contributed by atoms with Crippen LogP contribution in [0.5, 0.6) is 0 Å². The van der Waals surface area contributed by atoms with E-state index in [0.717, 1.165) is 11.1 Å². The van der Waals surface area contributed by atoms with Crippen LogP contribution in [0.4, 0.5) is 0 Å². The molecule has 5 rings (SSSR count). The van der Waals surface area contributed by atoms with Gasteiger partial charge in [0.15, 0.2) is 5.65 Å². The summed E-state index contributed by atoms with van der Waals surface area (Å²) >= 11 is 0. The van der Waals surface area contributed by atoms with Crippen molar-refractivity contribution in [3.05, 3.63) is 103 Å². The van der Waals surface area contributed by atoms with Crippen LogP contribution in [-0.4, -0.2) is 37.1 Å². The number of aromatic nitrogens is 5. The van der Waals surface area contributed by atoms with Gasteiger partial charge < -0.3 is 4.74 Å². The van der Waals surface area contributed by atoms with E-state index in [1.807, 2.05) is 77.6 Å². The summed E-state index contributed by atoms with van der Waals surface area (Å²) < 4.78 is 9.11. The Balaban J connectivity index is 1.51. The maximum Gasteiger partial charge on any atom is 0.339 e. The van der Waals surface area contributed by atoms with Gasteiger partial charge in [0, 0.05) is 18.0 Å². The highest BCUT2D eigenvalue weighted by atomic mass is 16.5. The third-order valence-electron chi connectivity index (χ3n) is 5.19. The zero-order chi connectivity index (χ0) is 21.8. The number of fused-ring (bicyclic) bond motifs is 1. The SMILES string of the molecule is O=C(OCCn1cccn1)c1cc(-c2ccccc2)nc2c1cnn2Cc1ccccc1. The number of carbonyl (C=O) groups excluding carboxylic acids is 1. The second kappa shape index (κ2) is 8.85. The minimum Gasteiger partial charge on any atom is -0.460 e. The Morgan fingerprint density at radius 1 is 0.938 bits per heavy atom. The molecule has 0 saturated heterocycles. The first-order valence-electron chi connectivity index (χ1n) is 10.4. The van der Waals surface area contributed by atoms with Crippen molar-refractivity contribution < 1.29 is 9.53 Å². The molecule has 0 N–H and O–H groups in total. The predicted molar refractivity (Wildman–Crippen MR) is 121 cm³/mol. The zero-order valence-electron chi connectivity index (χ0n) is 17.3. The number of pyridine rings is 1. The smallest absolute Gasteiger partial charge is 0.339 e. The van der Waals surface area contributed by atoms with E-state index in [2.05, 4.69) is 10.2 Å². The van der Waals surface area contributed by atoms with Gasteiger partial charge in [-0.2, -0.15) is 10.2 Å². The molecule has 7 nitrogen and oxygen atoms in total. The molecular weight excluding hydrogens is 402 g/mol. The lowest BCUT2D eigenvalue weighted by atomic mass is 10.1. The Bertz CT molecular complexity index is 1330. The van der Waals surface area contributed by atoms with Gasteiger partial charge in [-0.05, 0) is 17.7 Å². The highest BCUT2D eigenvalue weighted by Crippen LogP contribution is 2.26. The molecule has 0 aliphatic heterocycles. The molecule has 0 saturated carbocycles. The standard InChI is InChI=1S/C25H21N5O2/c31-25(32-15-14-29-13-7-12-26-29)21-16-23(20-10-5-2-6-11-20)28-24-22(21)17-27-30(24)18-19-8-3-1-4-9-19/h1-13,16-17H,14-15,18H2. The van der Waals surface area contributed by atoms with Gasteiger partial charge in [-0.15, -0.1) is 0 Å². The van der Waals surface area contributed by atoms with E-state index in [0.29, 0.717) is 35.4 Å². The number of esters is 1. The minimum absolute atomic E-state index is 0.225. The normalized spacial score (nSPS) is 11.0. The number of hydrogen-bond donors (Lipinski definition) is 0. The van der Waals surface area contributed by atoms with Crippen LogP contribution in [-0.2, 0) is 17.8 Å². The predicted octanol–water partition coefficient (Wildman–Crippen LogP) is 4.20. The van der Waals surface area contributed by atoms with Gasteiger partial charge in [-0.25, -0.2) is 14.5 Å². The van der Waals surface area contributed by atoms with E-state index >= 15 is 0 Å². The molecule has 0 fully saturated rings. The summed E-state index contributed by atoms with van der Waals surface area (Å²) in [5, 5.41) is 9.33. The van der Waals surface area contributed by atoms with Gasteiger partial charge in [-0.1, -0.05) is 60.7 Å². The van der Waals surface area contributed by atoms with Gasteiger partial charge in [-0.3, -0.25) is 4.68 Å². The Hall–Kier alpha value is -4.26. The molecule has 32 heavy (non-hydrogen) atoms. The number of nitrogens with zero attached hydrogens (tertiary/aromatic N) is 5. The molecule has 3 aromatic heterocycles. The number of carbonyl (C=O) groups is 1. The maximum absolute atomic E-state index is 13.0. The molecule has 0 spiro atoms. The first-order valence-corrected chi connectivity index (χ1v) is 10.4. The van der Waals surface area contributed by atoms with Crippen LogP contribution in [0.3, 0.4) is 0 Å². The maximum atomic E-state index is 13.0. The summed E-state index contributed by atoms with van der Waals surface area (Å²) in [6.07, 6.45) is 5.21. The van der Waals surface area contributed by atoms with Crippen molar-refractivity contribution in [2.24, 2.45) is 0 Å². The topological polar surface area (TPSA) is 74.8 Å². The summed E-state index contributed by atoms with van der Waals surface area (Å²) in [7, 11) is 0. The van der Waals surface area contributed by atoms with Crippen molar-refractivity contribution >= 4 is 17.0 Å². The van der Waals surface area contributed by atoms with Crippen LogP contribution < -0.4 is 0 Å². The van der Waals surface area contributed by atoms with Crippen LogP contribution in [0.15, 0.2) is 91.4 Å². The number of hydrogen-bond acceptors (Lipinski definition) is 5. The minimum atomic E-state index is -0.402. The van der Waals surface area contributed by atoms with Crippen LogP contribution >= 0.6 is 0 Å². The molecule has 0 unspecified atom stereocenters. The van der Waals surface area contributed by atoms with Crippen molar-refractivity contribution in [2.45, 2.75) is 13.1 Å². The summed E-state index contributed by atoms with van der Waals surface area (Å²) in [5.41, 5.74) is 3.83. The monoisotopic (exact) mass is 423 g/mol. The highest BCUT2D eigenvalue weighted by molar-refractivity contribution is 6.03. The Kier molecular flexibility index (Phi) is 5.45. The fourth-order valence-electron chi connectivity index (χ4n) is 3.59. The second-order valence-corrected chi connectivity index (χ2v) is 7.35. The molecule has 3 heterocycles. The lowest BCUT2D eigenvalue weighted by molar-refractivity contribution is 0.0490. The summed E-state index contributed by atoms with van der Waals surface area (Å²) in [4.78, 5) is 17.9. The molecule has 0 aliphatic carbocycles. The Morgan fingerprint density at radius 3 is 2.47 bits per heavy atom. The van der Waals surface area contributed by atoms with E-state index in [1.165, 1.54) is 0 Å². The van der Waals surface area contributed by atoms with Crippen molar-refractivity contribution in [3.63, 3.8) is 0 Å². The van der Waals surface area contributed by atoms with Gasteiger partial charge in [0.25, 0.3) is 0 Å². The summed E-state index contributed by atoms with van der Waals surface area (Å²) in [5.74, 6) is -0.402. The van der Waals surface area contributed by atoms with Crippen molar-refractivity contribution in [1.29, 1.82) is 0 Å². The molecule has 0 aliphatic rings. The second-order valence-electron chi connectivity index (χ2n) is 7.35. The Morgan fingerprint density at radius 2 is 1.72 bits per heavy atom. The molecule has 0 atom stereocenters. The van der Waals surface area contributed by atoms with Gasteiger partial charge in [0.1, 0.15) is 6.61 Å². The summed E-state index contributed by atoms with van der Waals surface area (Å²) in [6, 6.07) is 23.5. The molecule has 0 amide bonds. The average molecular weight is 423 g/mol. The van der Waals surface area contributed by atoms with Crippen molar-refractivity contribution in [1.82, 2.24) is 24.5 Å². The van der Waals surface area contributed by atoms with Crippen LogP contribution in [0, 0.1) is 0 Å². The van der Waals surface area contributed by atoms with E-state index in [-0.39, 0.29) is 6.61 Å². The van der Waals surface area contributed by atoms with Gasteiger partial charge in [0.05, 0.1) is 35.9 Å². The lowest BCUT2D eigenvalue weighted by Crippen LogP contribution is -2.12. The molecule has 0 bridgehead atoms. The molecule has 5 aromatic rings. The van der Waals surface area contributed by atoms with E-state index in [4.69, 9.17) is 9.72 Å². The highest BCUT2D eigenvalue weighted by Gasteiger charge is 2.19. The Labute approximate surface area is 184 Å². The average Bonchev–Trinajstić information content (AvgIpc) is 3.50. The largest absolute Gasteiger partial charge is 0.460 e. The fourth-order valence-corrected chi connectivity index (χ4v) is 3.59. The van der Waals surface area contributed by atoms with Crippen LogP contribution in [0.1, 0.15) is 15.9 Å². The molecule has 158 valence electrons. The quantitative estimate of drug-likeness (QED) is 0.367. The third kappa shape index (κ3) is 4.13. The van der Waals surface area contributed by atoms with Crippen molar-refractivity contribution in [2.75, 3.05) is 6.61 Å². The molecule has 2 aromatic carbocycles. The van der Waals surface area contributed by atoms with Crippen LogP contribution in [0.25, 0.3) is 22.3 Å². The van der Waals surface area contributed by atoms with E-state index < -0.39 is 5.97 Å². The lowest BCUT2D eigenvalue weighted by Gasteiger charge is -2.10. The number of benzene rings is 2. The number of ether oxygens (including phenoxy) is 1. The third-order valence-corrected chi connectivity index (χ3v) is 5.19. The number of rotatable bonds is 7. The molecular formula is C25H21N5O2. The first kappa shape index (κ1) is 19.7.